The lowest BCUT2D eigenvalue weighted by molar-refractivity contribution is 0.0943. The molecule has 0 radical (unpaired) electrons. The van der Waals surface area contributed by atoms with Gasteiger partial charge in [0.15, 0.2) is 5.43 Å². The summed E-state index contributed by atoms with van der Waals surface area (Å²) in [7, 11) is 1.56. The quantitative estimate of drug-likeness (QED) is 0.614. The Labute approximate surface area is 182 Å². The largest absolute Gasteiger partial charge is 0.497 e. The predicted octanol–water partition coefficient (Wildman–Crippen LogP) is 3.57. The number of pyridine rings is 1. The third-order valence-electron chi connectivity index (χ3n) is 6.08. The molecule has 1 amide bonds. The minimum absolute atomic E-state index is 0.191. The Bertz CT molecular complexity index is 1090. The molecule has 2 aromatic carbocycles. The maximum Gasteiger partial charge on any atom is 0.267 e. The van der Waals surface area contributed by atoms with E-state index in [4.69, 9.17) is 4.74 Å². The zero-order valence-corrected chi connectivity index (χ0v) is 17.9. The third kappa shape index (κ3) is 5.33. The number of amides is 1. The standard InChI is InChI=1S/C25H29N3O3/c1-31-20-7-8-22-21(15-20)24(29)16-23(27-22)25(30)26-12-9-18-10-13-28(14-11-18)17-19-5-3-2-4-6-19/h2-8,15-16,18H,9-14,17H2,1H3,(H,26,30)(H,27,29). The molecule has 2 heterocycles. The molecule has 1 aliphatic heterocycles. The number of aromatic amines is 1. The topological polar surface area (TPSA) is 74.4 Å². The van der Waals surface area contributed by atoms with Gasteiger partial charge in [-0.05, 0) is 62.0 Å². The van der Waals surface area contributed by atoms with Crippen LogP contribution in [-0.4, -0.2) is 42.5 Å². The summed E-state index contributed by atoms with van der Waals surface area (Å²) in [5.41, 5.74) is 2.09. The lowest BCUT2D eigenvalue weighted by Crippen LogP contribution is -2.35. The first-order valence-corrected chi connectivity index (χ1v) is 10.9. The molecule has 6 heteroatoms. The number of carbonyl (C=O) groups is 1. The van der Waals surface area contributed by atoms with Crippen LogP contribution in [0.15, 0.2) is 59.4 Å². The normalized spacial score (nSPS) is 15.1. The van der Waals surface area contributed by atoms with Crippen molar-refractivity contribution in [2.45, 2.75) is 25.8 Å². The van der Waals surface area contributed by atoms with Crippen LogP contribution in [0.1, 0.15) is 35.3 Å². The fourth-order valence-electron chi connectivity index (χ4n) is 4.24. The highest BCUT2D eigenvalue weighted by Gasteiger charge is 2.19. The molecule has 0 bridgehead atoms. The first-order valence-electron chi connectivity index (χ1n) is 10.9. The van der Waals surface area contributed by atoms with Gasteiger partial charge in [-0.3, -0.25) is 14.5 Å². The van der Waals surface area contributed by atoms with Gasteiger partial charge in [-0.1, -0.05) is 30.3 Å². The van der Waals surface area contributed by atoms with Gasteiger partial charge in [0.05, 0.1) is 12.6 Å². The first-order chi connectivity index (χ1) is 15.1. The number of aromatic nitrogens is 1. The van der Waals surface area contributed by atoms with Crippen LogP contribution in [0, 0.1) is 5.92 Å². The van der Waals surface area contributed by atoms with E-state index in [0.717, 1.165) is 38.9 Å². The van der Waals surface area contributed by atoms with Gasteiger partial charge in [0.1, 0.15) is 11.4 Å². The van der Waals surface area contributed by atoms with Crippen LogP contribution in [0.2, 0.25) is 0 Å². The van der Waals surface area contributed by atoms with Crippen LogP contribution >= 0.6 is 0 Å². The van der Waals surface area contributed by atoms with Gasteiger partial charge in [-0.15, -0.1) is 0 Å². The minimum atomic E-state index is -0.240. The fourth-order valence-corrected chi connectivity index (χ4v) is 4.24. The van der Waals surface area contributed by atoms with Crippen molar-refractivity contribution in [2.75, 3.05) is 26.7 Å². The van der Waals surface area contributed by atoms with Crippen molar-refractivity contribution < 1.29 is 9.53 Å². The number of rotatable bonds is 7. The van der Waals surface area contributed by atoms with Crippen molar-refractivity contribution >= 4 is 16.8 Å². The Morgan fingerprint density at radius 3 is 2.65 bits per heavy atom. The number of nitrogens with one attached hydrogen (secondary N) is 2. The van der Waals surface area contributed by atoms with Gasteiger partial charge >= 0.3 is 0 Å². The van der Waals surface area contributed by atoms with E-state index in [2.05, 4.69) is 45.5 Å². The molecule has 162 valence electrons. The van der Waals surface area contributed by atoms with Crippen LogP contribution in [-0.2, 0) is 6.54 Å². The van der Waals surface area contributed by atoms with Crippen molar-refractivity contribution in [1.82, 2.24) is 15.2 Å². The second kappa shape index (κ2) is 9.79. The lowest BCUT2D eigenvalue weighted by Gasteiger charge is -2.32. The van der Waals surface area contributed by atoms with Crippen LogP contribution in [0.4, 0.5) is 0 Å². The zero-order chi connectivity index (χ0) is 21.6. The van der Waals surface area contributed by atoms with Gasteiger partial charge in [-0.2, -0.15) is 0 Å². The SMILES string of the molecule is COc1ccc2[nH]c(C(=O)NCCC3CCN(Cc4ccccc4)CC3)cc(=O)c2c1. The van der Waals surface area contributed by atoms with E-state index in [1.807, 2.05) is 0 Å². The average molecular weight is 420 g/mol. The van der Waals surface area contributed by atoms with E-state index in [-0.39, 0.29) is 11.3 Å². The molecule has 1 fully saturated rings. The molecule has 0 aliphatic carbocycles. The van der Waals surface area contributed by atoms with Crippen molar-refractivity contribution in [3.05, 3.63) is 76.1 Å². The highest BCUT2D eigenvalue weighted by molar-refractivity contribution is 5.94. The number of hydrogen-bond donors (Lipinski definition) is 2. The number of piperidine rings is 1. The van der Waals surface area contributed by atoms with Gasteiger partial charge in [0, 0.05) is 24.5 Å². The van der Waals surface area contributed by atoms with Crippen molar-refractivity contribution in [1.29, 1.82) is 0 Å². The zero-order valence-electron chi connectivity index (χ0n) is 17.9. The second-order valence-corrected chi connectivity index (χ2v) is 8.21. The molecular formula is C25H29N3O3. The number of likely N-dealkylation sites (tertiary alicyclic amines) is 1. The molecule has 1 saturated heterocycles. The molecule has 6 nitrogen and oxygen atoms in total. The van der Waals surface area contributed by atoms with Gasteiger partial charge in [0.25, 0.3) is 5.91 Å². The monoisotopic (exact) mass is 419 g/mol. The second-order valence-electron chi connectivity index (χ2n) is 8.21. The van der Waals surface area contributed by atoms with Gasteiger partial charge in [-0.25, -0.2) is 0 Å². The number of methoxy groups -OCH3 is 1. The van der Waals surface area contributed by atoms with E-state index >= 15 is 0 Å². The number of carbonyl (C=O) groups excluding carboxylic acids is 1. The average Bonchev–Trinajstić information content (AvgIpc) is 2.80. The summed E-state index contributed by atoms with van der Waals surface area (Å²) in [6.45, 7) is 3.81. The van der Waals surface area contributed by atoms with Crippen molar-refractivity contribution in [2.24, 2.45) is 5.92 Å². The van der Waals surface area contributed by atoms with E-state index < -0.39 is 0 Å². The molecule has 1 aliphatic rings. The number of nitrogens with zero attached hydrogens (tertiary/aromatic N) is 1. The highest BCUT2D eigenvalue weighted by Crippen LogP contribution is 2.21. The molecule has 0 unspecified atom stereocenters. The van der Waals surface area contributed by atoms with Crippen LogP contribution in [0.5, 0.6) is 5.75 Å². The van der Waals surface area contributed by atoms with E-state index in [0.29, 0.717) is 34.8 Å². The van der Waals surface area contributed by atoms with Gasteiger partial charge < -0.3 is 15.0 Å². The maximum atomic E-state index is 12.5. The molecule has 0 spiro atoms. The Morgan fingerprint density at radius 2 is 1.90 bits per heavy atom. The summed E-state index contributed by atoms with van der Waals surface area (Å²) in [5, 5.41) is 3.48. The Kier molecular flexibility index (Phi) is 6.67. The Balaban J connectivity index is 1.26. The number of hydrogen-bond acceptors (Lipinski definition) is 4. The first kappa shape index (κ1) is 21.1. The summed E-state index contributed by atoms with van der Waals surface area (Å²) < 4.78 is 5.17. The van der Waals surface area contributed by atoms with Crippen LogP contribution < -0.4 is 15.5 Å². The molecule has 0 atom stereocenters. The highest BCUT2D eigenvalue weighted by atomic mass is 16.5. The predicted molar refractivity (Wildman–Crippen MR) is 123 cm³/mol. The molecule has 4 rings (SSSR count). The van der Waals surface area contributed by atoms with Crippen LogP contribution in [0.25, 0.3) is 10.9 Å². The van der Waals surface area contributed by atoms with E-state index in [9.17, 15) is 9.59 Å². The summed E-state index contributed by atoms with van der Waals surface area (Å²) in [6, 6.07) is 17.1. The molecule has 0 saturated carbocycles. The van der Waals surface area contributed by atoms with Crippen LogP contribution in [0.3, 0.4) is 0 Å². The van der Waals surface area contributed by atoms with Gasteiger partial charge in [0.2, 0.25) is 0 Å². The summed E-state index contributed by atoms with van der Waals surface area (Å²) in [6.07, 6.45) is 3.26. The molecule has 31 heavy (non-hydrogen) atoms. The molecule has 2 N–H and O–H groups in total. The molecule has 3 aromatic rings. The Morgan fingerprint density at radius 1 is 1.13 bits per heavy atom. The molecule has 1 aromatic heterocycles. The van der Waals surface area contributed by atoms with E-state index in [1.165, 1.54) is 11.6 Å². The minimum Gasteiger partial charge on any atom is -0.497 e. The third-order valence-corrected chi connectivity index (χ3v) is 6.08. The summed E-state index contributed by atoms with van der Waals surface area (Å²) in [5.74, 6) is 0.997. The summed E-state index contributed by atoms with van der Waals surface area (Å²) in [4.78, 5) is 30.5. The van der Waals surface area contributed by atoms with Crippen molar-refractivity contribution in [3.8, 4) is 5.75 Å². The maximum absolute atomic E-state index is 12.5. The van der Waals surface area contributed by atoms with Crippen molar-refractivity contribution in [3.63, 3.8) is 0 Å². The number of fused-ring (bicyclic) bond motifs is 1. The fraction of sp³-hybridized carbons (Fsp3) is 0.360. The molecular weight excluding hydrogens is 390 g/mol. The number of H-pyrrole nitrogens is 1. The lowest BCUT2D eigenvalue weighted by atomic mass is 9.93. The smallest absolute Gasteiger partial charge is 0.267 e. The Hall–Kier alpha value is -3.12. The van der Waals surface area contributed by atoms with E-state index in [1.54, 1.807) is 25.3 Å². The summed E-state index contributed by atoms with van der Waals surface area (Å²) >= 11 is 0. The number of benzene rings is 2. The number of ether oxygens (including phenoxy) is 1.